The fourth-order valence-electron chi connectivity index (χ4n) is 2.23. The van der Waals surface area contributed by atoms with Crippen molar-refractivity contribution in [2.75, 3.05) is 11.9 Å². The fourth-order valence-corrected chi connectivity index (χ4v) is 2.56. The van der Waals surface area contributed by atoms with Crippen molar-refractivity contribution >= 4 is 23.0 Å². The van der Waals surface area contributed by atoms with Crippen LogP contribution in [0.4, 0.5) is 11.4 Å². The molecule has 0 radical (unpaired) electrons. The minimum absolute atomic E-state index is 0.471. The molecule has 0 aliphatic rings. The van der Waals surface area contributed by atoms with Crippen molar-refractivity contribution in [2.45, 2.75) is 33.4 Å². The van der Waals surface area contributed by atoms with Crippen molar-refractivity contribution in [1.82, 2.24) is 5.32 Å². The normalized spacial score (nSPS) is 11.0. The summed E-state index contributed by atoms with van der Waals surface area (Å²) in [5.41, 5.74) is 4.61. The summed E-state index contributed by atoms with van der Waals surface area (Å²) in [4.78, 5) is 2.12. The number of rotatable bonds is 5. The van der Waals surface area contributed by atoms with E-state index in [-0.39, 0.29) is 0 Å². The molecule has 2 rings (SSSR count). The summed E-state index contributed by atoms with van der Waals surface area (Å²) in [6.07, 6.45) is 0. The standard InChI is InChI=1S/C18H23ClN2/c1-13(2)20-12-15-8-9-18(17(19)11-15)21(4)16-7-5-6-14(3)10-16/h5-11,13,20H,12H2,1-4H3. The summed E-state index contributed by atoms with van der Waals surface area (Å²) >= 11 is 6.46. The van der Waals surface area contributed by atoms with Crippen LogP contribution in [0.1, 0.15) is 25.0 Å². The maximum Gasteiger partial charge on any atom is 0.0646 e. The van der Waals surface area contributed by atoms with E-state index in [1.165, 1.54) is 11.1 Å². The predicted molar refractivity (Wildman–Crippen MR) is 92.7 cm³/mol. The van der Waals surface area contributed by atoms with Gasteiger partial charge in [0.25, 0.3) is 0 Å². The SMILES string of the molecule is Cc1cccc(N(C)c2ccc(CNC(C)C)cc2Cl)c1. The van der Waals surface area contributed by atoms with Crippen molar-refractivity contribution in [2.24, 2.45) is 0 Å². The highest BCUT2D eigenvalue weighted by atomic mass is 35.5. The Balaban J connectivity index is 2.20. The molecule has 0 atom stereocenters. The number of halogens is 1. The molecule has 0 unspecified atom stereocenters. The van der Waals surface area contributed by atoms with Gasteiger partial charge in [0.15, 0.2) is 0 Å². The molecular weight excluding hydrogens is 280 g/mol. The minimum atomic E-state index is 0.471. The van der Waals surface area contributed by atoms with Crippen LogP contribution in [-0.2, 0) is 6.54 Å². The van der Waals surface area contributed by atoms with Gasteiger partial charge in [-0.25, -0.2) is 0 Å². The Bertz CT molecular complexity index is 608. The second-order valence-electron chi connectivity index (χ2n) is 5.72. The summed E-state index contributed by atoms with van der Waals surface area (Å²) in [7, 11) is 2.04. The van der Waals surface area contributed by atoms with Crippen LogP contribution in [0.25, 0.3) is 0 Å². The highest BCUT2D eigenvalue weighted by molar-refractivity contribution is 6.33. The van der Waals surface area contributed by atoms with Crippen molar-refractivity contribution in [3.63, 3.8) is 0 Å². The van der Waals surface area contributed by atoms with Crippen LogP contribution in [0.2, 0.25) is 5.02 Å². The first-order valence-electron chi connectivity index (χ1n) is 7.29. The number of benzene rings is 2. The lowest BCUT2D eigenvalue weighted by Gasteiger charge is -2.22. The van der Waals surface area contributed by atoms with Gasteiger partial charge in [-0.3, -0.25) is 0 Å². The maximum atomic E-state index is 6.46. The van der Waals surface area contributed by atoms with Gasteiger partial charge in [0.2, 0.25) is 0 Å². The topological polar surface area (TPSA) is 15.3 Å². The highest BCUT2D eigenvalue weighted by Crippen LogP contribution is 2.31. The van der Waals surface area contributed by atoms with E-state index >= 15 is 0 Å². The molecule has 0 heterocycles. The smallest absolute Gasteiger partial charge is 0.0646 e. The molecule has 1 N–H and O–H groups in total. The van der Waals surface area contributed by atoms with Gasteiger partial charge < -0.3 is 10.2 Å². The zero-order valence-corrected chi connectivity index (χ0v) is 13.9. The quantitative estimate of drug-likeness (QED) is 0.844. The number of hydrogen-bond acceptors (Lipinski definition) is 2. The summed E-state index contributed by atoms with van der Waals surface area (Å²) in [5.74, 6) is 0. The van der Waals surface area contributed by atoms with Crippen LogP contribution < -0.4 is 10.2 Å². The number of hydrogen-bond donors (Lipinski definition) is 1. The van der Waals surface area contributed by atoms with E-state index in [1.807, 2.05) is 13.1 Å². The van der Waals surface area contributed by atoms with Gasteiger partial charge in [-0.05, 0) is 42.3 Å². The van der Waals surface area contributed by atoms with Gasteiger partial charge in [0.1, 0.15) is 0 Å². The second kappa shape index (κ2) is 6.97. The Kier molecular flexibility index (Phi) is 5.27. The molecule has 2 aromatic rings. The van der Waals surface area contributed by atoms with Crippen LogP contribution in [0.3, 0.4) is 0 Å². The van der Waals surface area contributed by atoms with Crippen molar-refractivity contribution in [3.8, 4) is 0 Å². The molecule has 112 valence electrons. The van der Waals surface area contributed by atoms with Crippen LogP contribution in [0, 0.1) is 6.92 Å². The summed E-state index contributed by atoms with van der Waals surface area (Å²) < 4.78 is 0. The van der Waals surface area contributed by atoms with Gasteiger partial charge in [-0.15, -0.1) is 0 Å². The van der Waals surface area contributed by atoms with Crippen molar-refractivity contribution < 1.29 is 0 Å². The number of anilines is 2. The lowest BCUT2D eigenvalue weighted by Crippen LogP contribution is -2.21. The Labute approximate surface area is 132 Å². The first-order valence-corrected chi connectivity index (χ1v) is 7.67. The Morgan fingerprint density at radius 2 is 1.90 bits per heavy atom. The second-order valence-corrected chi connectivity index (χ2v) is 6.13. The van der Waals surface area contributed by atoms with Crippen LogP contribution in [-0.4, -0.2) is 13.1 Å². The molecule has 3 heteroatoms. The van der Waals surface area contributed by atoms with E-state index in [9.17, 15) is 0 Å². The molecular formula is C18H23ClN2. The minimum Gasteiger partial charge on any atom is -0.343 e. The molecule has 0 saturated heterocycles. The third-order valence-corrected chi connectivity index (χ3v) is 3.78. The van der Waals surface area contributed by atoms with Crippen molar-refractivity contribution in [1.29, 1.82) is 0 Å². The number of aryl methyl sites for hydroxylation is 1. The predicted octanol–water partition coefficient (Wildman–Crippen LogP) is 4.91. The fraction of sp³-hybridized carbons (Fsp3) is 0.333. The maximum absolute atomic E-state index is 6.46. The third-order valence-electron chi connectivity index (χ3n) is 3.48. The van der Waals surface area contributed by atoms with E-state index in [1.54, 1.807) is 0 Å². The van der Waals surface area contributed by atoms with Gasteiger partial charge >= 0.3 is 0 Å². The van der Waals surface area contributed by atoms with E-state index in [4.69, 9.17) is 11.6 Å². The molecule has 0 spiro atoms. The largest absolute Gasteiger partial charge is 0.343 e. The number of nitrogens with zero attached hydrogens (tertiary/aromatic N) is 1. The summed E-state index contributed by atoms with van der Waals surface area (Å²) in [5, 5.41) is 4.18. The molecule has 0 aromatic heterocycles. The van der Waals surface area contributed by atoms with E-state index < -0.39 is 0 Å². The van der Waals surface area contributed by atoms with Crippen LogP contribution in [0.5, 0.6) is 0 Å². The summed E-state index contributed by atoms with van der Waals surface area (Å²) in [6, 6.07) is 15.1. The third kappa shape index (κ3) is 4.23. The molecule has 2 aromatic carbocycles. The molecule has 2 nitrogen and oxygen atoms in total. The summed E-state index contributed by atoms with van der Waals surface area (Å²) in [6.45, 7) is 7.22. The van der Waals surface area contributed by atoms with E-state index in [0.717, 1.165) is 22.9 Å². The van der Waals surface area contributed by atoms with Gasteiger partial charge in [-0.2, -0.15) is 0 Å². The lowest BCUT2D eigenvalue weighted by atomic mass is 10.1. The average molecular weight is 303 g/mol. The average Bonchev–Trinajstić information content (AvgIpc) is 2.44. The number of nitrogens with one attached hydrogen (secondary N) is 1. The van der Waals surface area contributed by atoms with Crippen LogP contribution in [0.15, 0.2) is 42.5 Å². The lowest BCUT2D eigenvalue weighted by molar-refractivity contribution is 0.589. The Hall–Kier alpha value is -1.51. The van der Waals surface area contributed by atoms with Crippen molar-refractivity contribution in [3.05, 3.63) is 58.6 Å². The van der Waals surface area contributed by atoms with Gasteiger partial charge in [0.05, 0.1) is 10.7 Å². The zero-order valence-electron chi connectivity index (χ0n) is 13.2. The van der Waals surface area contributed by atoms with E-state index in [2.05, 4.69) is 67.4 Å². The Morgan fingerprint density at radius 1 is 1.14 bits per heavy atom. The monoisotopic (exact) mass is 302 g/mol. The first kappa shape index (κ1) is 15.9. The molecule has 0 saturated carbocycles. The Morgan fingerprint density at radius 3 is 2.52 bits per heavy atom. The van der Waals surface area contributed by atoms with Crippen LogP contribution >= 0.6 is 11.6 Å². The molecule has 0 aliphatic carbocycles. The highest BCUT2D eigenvalue weighted by Gasteiger charge is 2.09. The van der Waals surface area contributed by atoms with E-state index in [0.29, 0.717) is 6.04 Å². The first-order chi connectivity index (χ1) is 9.97. The molecule has 0 aliphatic heterocycles. The molecule has 0 fully saturated rings. The molecule has 0 amide bonds. The molecule has 21 heavy (non-hydrogen) atoms. The van der Waals surface area contributed by atoms with Gasteiger partial charge in [-0.1, -0.05) is 43.6 Å². The molecule has 0 bridgehead atoms. The zero-order chi connectivity index (χ0) is 15.4. The van der Waals surface area contributed by atoms with Gasteiger partial charge in [0, 0.05) is 25.3 Å².